The summed E-state index contributed by atoms with van der Waals surface area (Å²) < 4.78 is 16.5. The van der Waals surface area contributed by atoms with Crippen molar-refractivity contribution in [2.75, 3.05) is 13.7 Å². The maximum atomic E-state index is 10.4. The Kier molecular flexibility index (Phi) is 3.58. The molecule has 0 bridgehead atoms. The molecule has 21 heavy (non-hydrogen) atoms. The molecule has 2 aromatic rings. The van der Waals surface area contributed by atoms with Crippen molar-refractivity contribution in [1.29, 1.82) is 0 Å². The zero-order chi connectivity index (χ0) is 14.8. The Labute approximate surface area is 122 Å². The third-order valence-electron chi connectivity index (χ3n) is 3.40. The van der Waals surface area contributed by atoms with Crippen molar-refractivity contribution in [3.8, 4) is 23.0 Å². The van der Waals surface area contributed by atoms with Crippen LogP contribution in [0.4, 0.5) is 0 Å². The SMILES string of the molecule is COc1cccc(OC2COc3ccc(O)cc3C2O)c1. The van der Waals surface area contributed by atoms with E-state index < -0.39 is 12.2 Å². The summed E-state index contributed by atoms with van der Waals surface area (Å²) in [6.45, 7) is 0.232. The summed E-state index contributed by atoms with van der Waals surface area (Å²) in [6.07, 6.45) is -1.42. The Balaban J connectivity index is 1.81. The second kappa shape index (κ2) is 5.54. The second-order valence-electron chi connectivity index (χ2n) is 4.81. The van der Waals surface area contributed by atoms with E-state index in [1.165, 1.54) is 12.1 Å². The number of hydrogen-bond acceptors (Lipinski definition) is 5. The average molecular weight is 288 g/mol. The van der Waals surface area contributed by atoms with Crippen LogP contribution in [0.25, 0.3) is 0 Å². The van der Waals surface area contributed by atoms with Gasteiger partial charge in [-0.2, -0.15) is 0 Å². The number of benzene rings is 2. The van der Waals surface area contributed by atoms with Crippen molar-refractivity contribution in [1.82, 2.24) is 0 Å². The van der Waals surface area contributed by atoms with E-state index in [-0.39, 0.29) is 12.4 Å². The van der Waals surface area contributed by atoms with Gasteiger partial charge in [-0.1, -0.05) is 6.07 Å². The second-order valence-corrected chi connectivity index (χ2v) is 4.81. The van der Waals surface area contributed by atoms with Crippen molar-refractivity contribution < 1.29 is 24.4 Å². The molecule has 0 saturated heterocycles. The largest absolute Gasteiger partial charge is 0.508 e. The van der Waals surface area contributed by atoms with Gasteiger partial charge in [0.2, 0.25) is 0 Å². The molecule has 0 amide bonds. The number of hydrogen-bond donors (Lipinski definition) is 2. The number of aromatic hydroxyl groups is 1. The van der Waals surface area contributed by atoms with E-state index >= 15 is 0 Å². The smallest absolute Gasteiger partial charge is 0.163 e. The summed E-state index contributed by atoms with van der Waals surface area (Å²) in [7, 11) is 1.58. The van der Waals surface area contributed by atoms with Crippen LogP contribution in [0.15, 0.2) is 42.5 Å². The van der Waals surface area contributed by atoms with Crippen LogP contribution >= 0.6 is 0 Å². The predicted molar refractivity (Wildman–Crippen MR) is 76.0 cm³/mol. The molecule has 0 aliphatic carbocycles. The van der Waals surface area contributed by atoms with Crippen molar-refractivity contribution in [3.63, 3.8) is 0 Å². The Bertz CT molecular complexity index is 640. The molecule has 0 aromatic heterocycles. The zero-order valence-corrected chi connectivity index (χ0v) is 11.5. The number of rotatable bonds is 3. The van der Waals surface area contributed by atoms with E-state index in [0.29, 0.717) is 22.8 Å². The maximum Gasteiger partial charge on any atom is 0.163 e. The third-order valence-corrected chi connectivity index (χ3v) is 3.40. The molecule has 0 saturated carbocycles. The van der Waals surface area contributed by atoms with E-state index in [0.717, 1.165) is 0 Å². The summed E-state index contributed by atoms with van der Waals surface area (Å²) in [4.78, 5) is 0. The van der Waals surface area contributed by atoms with Crippen molar-refractivity contribution in [3.05, 3.63) is 48.0 Å². The molecule has 3 rings (SSSR count). The maximum absolute atomic E-state index is 10.4. The molecule has 0 spiro atoms. The van der Waals surface area contributed by atoms with Crippen LogP contribution < -0.4 is 14.2 Å². The minimum atomic E-state index is -0.868. The van der Waals surface area contributed by atoms with Crippen molar-refractivity contribution in [2.24, 2.45) is 0 Å². The van der Waals surface area contributed by atoms with Gasteiger partial charge in [0.25, 0.3) is 0 Å². The highest BCUT2D eigenvalue weighted by Crippen LogP contribution is 2.36. The van der Waals surface area contributed by atoms with Crippen molar-refractivity contribution >= 4 is 0 Å². The molecule has 1 heterocycles. The van der Waals surface area contributed by atoms with Gasteiger partial charge in [-0.25, -0.2) is 0 Å². The molecule has 2 aromatic carbocycles. The van der Waals surface area contributed by atoms with E-state index in [4.69, 9.17) is 14.2 Å². The lowest BCUT2D eigenvalue weighted by molar-refractivity contribution is -0.0105. The highest BCUT2D eigenvalue weighted by molar-refractivity contribution is 5.43. The number of ether oxygens (including phenoxy) is 3. The van der Waals surface area contributed by atoms with Crippen molar-refractivity contribution in [2.45, 2.75) is 12.2 Å². The van der Waals surface area contributed by atoms with Gasteiger partial charge in [0.1, 0.15) is 35.7 Å². The highest BCUT2D eigenvalue weighted by Gasteiger charge is 2.31. The third kappa shape index (κ3) is 2.73. The molecule has 2 atom stereocenters. The summed E-state index contributed by atoms with van der Waals surface area (Å²) in [5, 5.41) is 19.9. The fourth-order valence-electron chi connectivity index (χ4n) is 2.31. The van der Waals surface area contributed by atoms with E-state index in [1.54, 1.807) is 25.3 Å². The number of aliphatic hydroxyl groups is 1. The van der Waals surface area contributed by atoms with Crippen LogP contribution in [0.1, 0.15) is 11.7 Å². The molecule has 2 unspecified atom stereocenters. The molecular weight excluding hydrogens is 272 g/mol. The Hall–Kier alpha value is -2.40. The van der Waals surface area contributed by atoms with Crippen LogP contribution in [-0.4, -0.2) is 30.0 Å². The minimum absolute atomic E-state index is 0.0819. The minimum Gasteiger partial charge on any atom is -0.508 e. The molecule has 0 radical (unpaired) electrons. The highest BCUT2D eigenvalue weighted by atomic mass is 16.5. The predicted octanol–water partition coefficient (Wildman–Crippen LogP) is 2.27. The van der Waals surface area contributed by atoms with Gasteiger partial charge in [-0.3, -0.25) is 0 Å². The normalized spacial score (nSPS) is 20.3. The number of phenols is 1. The first-order chi connectivity index (χ1) is 10.2. The van der Waals surface area contributed by atoms with Gasteiger partial charge >= 0.3 is 0 Å². The van der Waals surface area contributed by atoms with Crippen LogP contribution in [0.3, 0.4) is 0 Å². The topological polar surface area (TPSA) is 68.2 Å². The molecule has 110 valence electrons. The first kappa shape index (κ1) is 13.6. The lowest BCUT2D eigenvalue weighted by Gasteiger charge is -2.30. The van der Waals surface area contributed by atoms with Gasteiger partial charge in [0.15, 0.2) is 6.10 Å². The van der Waals surface area contributed by atoms with Gasteiger partial charge in [0, 0.05) is 11.6 Å². The summed E-state index contributed by atoms with van der Waals surface area (Å²) in [6, 6.07) is 11.8. The van der Waals surface area contributed by atoms with Gasteiger partial charge < -0.3 is 24.4 Å². The Morgan fingerprint density at radius 1 is 1.14 bits per heavy atom. The Morgan fingerprint density at radius 2 is 1.95 bits per heavy atom. The number of methoxy groups -OCH3 is 1. The Morgan fingerprint density at radius 3 is 2.76 bits per heavy atom. The monoisotopic (exact) mass is 288 g/mol. The molecular formula is C16H16O5. The lowest BCUT2D eigenvalue weighted by Crippen LogP contribution is -2.35. The first-order valence-corrected chi connectivity index (χ1v) is 6.62. The van der Waals surface area contributed by atoms with Gasteiger partial charge in [-0.15, -0.1) is 0 Å². The number of aliphatic hydroxyl groups excluding tert-OH is 1. The average Bonchev–Trinajstić information content (AvgIpc) is 2.51. The summed E-state index contributed by atoms with van der Waals surface area (Å²) >= 11 is 0. The summed E-state index contributed by atoms with van der Waals surface area (Å²) in [5.41, 5.74) is 0.522. The number of fused-ring (bicyclic) bond motifs is 1. The standard InChI is InChI=1S/C16H16O5/c1-19-11-3-2-4-12(8-11)21-15-9-20-14-6-5-10(17)7-13(14)16(15)18/h2-8,15-18H,9H2,1H3. The lowest BCUT2D eigenvalue weighted by atomic mass is 10.0. The van der Waals surface area contributed by atoms with Crippen LogP contribution in [0.5, 0.6) is 23.0 Å². The first-order valence-electron chi connectivity index (χ1n) is 6.62. The van der Waals surface area contributed by atoms with E-state index in [2.05, 4.69) is 0 Å². The molecule has 0 fully saturated rings. The molecule has 2 N–H and O–H groups in total. The van der Waals surface area contributed by atoms with Gasteiger partial charge in [-0.05, 0) is 30.3 Å². The fraction of sp³-hybridized carbons (Fsp3) is 0.250. The van der Waals surface area contributed by atoms with Crippen LogP contribution in [-0.2, 0) is 0 Å². The van der Waals surface area contributed by atoms with E-state index in [9.17, 15) is 10.2 Å². The van der Waals surface area contributed by atoms with E-state index in [1.807, 2.05) is 12.1 Å². The quantitative estimate of drug-likeness (QED) is 0.907. The van der Waals surface area contributed by atoms with Crippen LogP contribution in [0, 0.1) is 0 Å². The van der Waals surface area contributed by atoms with Gasteiger partial charge in [0.05, 0.1) is 7.11 Å². The molecule has 1 aliphatic heterocycles. The van der Waals surface area contributed by atoms with Crippen LogP contribution in [0.2, 0.25) is 0 Å². The zero-order valence-electron chi connectivity index (χ0n) is 11.5. The molecule has 5 heteroatoms. The fourth-order valence-corrected chi connectivity index (χ4v) is 2.31. The summed E-state index contributed by atoms with van der Waals surface area (Å²) in [5.74, 6) is 1.91. The number of phenolic OH excluding ortho intramolecular Hbond substituents is 1. The molecule has 1 aliphatic rings. The molecule has 5 nitrogen and oxygen atoms in total.